The molecule has 1 aromatic carbocycles. The Balaban J connectivity index is 2.60. The molecule has 0 spiro atoms. The summed E-state index contributed by atoms with van der Waals surface area (Å²) in [4.78, 5) is 15.0. The largest absolute Gasteiger partial charge is 0.497 e. The van der Waals surface area contributed by atoms with Gasteiger partial charge in [-0.15, -0.1) is 0 Å². The molecule has 0 fully saturated rings. The number of carboxylic acids is 1. The van der Waals surface area contributed by atoms with Crippen LogP contribution in [0.3, 0.4) is 0 Å². The van der Waals surface area contributed by atoms with Gasteiger partial charge in [-0.2, -0.15) is 0 Å². The Bertz CT molecular complexity index is 599. The van der Waals surface area contributed by atoms with Crippen LogP contribution in [-0.4, -0.2) is 23.2 Å². The van der Waals surface area contributed by atoms with Gasteiger partial charge in [0, 0.05) is 22.7 Å². The van der Waals surface area contributed by atoms with Gasteiger partial charge in [-0.3, -0.25) is 0 Å². The lowest BCUT2D eigenvalue weighted by molar-refractivity contribution is 0.0690. The Morgan fingerprint density at radius 2 is 2.06 bits per heavy atom. The third kappa shape index (κ3) is 2.43. The lowest BCUT2D eigenvalue weighted by Crippen LogP contribution is -2.02. The van der Waals surface area contributed by atoms with E-state index in [4.69, 9.17) is 21.4 Å². The summed E-state index contributed by atoms with van der Waals surface area (Å²) in [5.74, 6) is -0.681. The summed E-state index contributed by atoms with van der Waals surface area (Å²) in [6.07, 6.45) is 0. The first-order valence-electron chi connectivity index (χ1n) is 5.16. The molecule has 0 bridgehead atoms. The number of methoxy groups -OCH3 is 1. The van der Waals surface area contributed by atoms with E-state index >= 15 is 0 Å². The average molecular weight is 264 g/mol. The molecular formula is C13H10ClNO3. The number of aromatic nitrogens is 1. The van der Waals surface area contributed by atoms with Crippen LogP contribution in [0, 0.1) is 0 Å². The minimum absolute atomic E-state index is 0.0794. The molecule has 1 aromatic heterocycles. The van der Waals surface area contributed by atoms with Crippen molar-refractivity contribution in [3.8, 4) is 17.0 Å². The number of pyridine rings is 1. The van der Waals surface area contributed by atoms with Crippen LogP contribution in [0.1, 0.15) is 10.5 Å². The van der Waals surface area contributed by atoms with Gasteiger partial charge < -0.3 is 9.84 Å². The predicted molar refractivity (Wildman–Crippen MR) is 68.2 cm³/mol. The number of hydrogen-bond donors (Lipinski definition) is 1. The molecule has 0 aliphatic carbocycles. The number of ether oxygens (including phenoxy) is 1. The molecule has 2 rings (SSSR count). The average Bonchev–Trinajstić information content (AvgIpc) is 2.38. The molecule has 2 aromatic rings. The van der Waals surface area contributed by atoms with Gasteiger partial charge in [-0.1, -0.05) is 29.8 Å². The van der Waals surface area contributed by atoms with Crippen molar-refractivity contribution in [2.75, 3.05) is 7.11 Å². The summed E-state index contributed by atoms with van der Waals surface area (Å²) < 4.78 is 5.06. The first-order valence-corrected chi connectivity index (χ1v) is 5.54. The van der Waals surface area contributed by atoms with Gasteiger partial charge in [0.25, 0.3) is 0 Å². The van der Waals surface area contributed by atoms with Crippen molar-refractivity contribution in [3.05, 3.63) is 47.1 Å². The third-order valence-corrected chi connectivity index (χ3v) is 2.73. The monoisotopic (exact) mass is 263 g/mol. The Morgan fingerprint density at radius 3 is 2.67 bits per heavy atom. The minimum Gasteiger partial charge on any atom is -0.497 e. The van der Waals surface area contributed by atoms with E-state index in [2.05, 4.69) is 4.98 Å². The zero-order valence-electron chi connectivity index (χ0n) is 9.55. The molecule has 92 valence electrons. The van der Waals surface area contributed by atoms with Crippen molar-refractivity contribution in [1.82, 2.24) is 4.98 Å². The van der Waals surface area contributed by atoms with Crippen molar-refractivity contribution < 1.29 is 14.6 Å². The summed E-state index contributed by atoms with van der Waals surface area (Å²) in [6, 6.07) is 10.1. The molecule has 0 amide bonds. The van der Waals surface area contributed by atoms with Crippen LogP contribution in [0.2, 0.25) is 5.02 Å². The molecule has 1 heterocycles. The quantitative estimate of drug-likeness (QED) is 0.924. The molecule has 0 aliphatic heterocycles. The van der Waals surface area contributed by atoms with Gasteiger partial charge in [0.2, 0.25) is 0 Å². The SMILES string of the molecule is COc1cc(C(=O)O)nc(-c2ccccc2Cl)c1. The van der Waals surface area contributed by atoms with Crippen LogP contribution in [-0.2, 0) is 0 Å². The molecule has 0 aliphatic rings. The van der Waals surface area contributed by atoms with Crippen molar-refractivity contribution >= 4 is 17.6 Å². The second kappa shape index (κ2) is 5.06. The van der Waals surface area contributed by atoms with Gasteiger partial charge in [0.05, 0.1) is 12.8 Å². The van der Waals surface area contributed by atoms with E-state index in [1.807, 2.05) is 6.07 Å². The fraction of sp³-hybridized carbons (Fsp3) is 0.0769. The smallest absolute Gasteiger partial charge is 0.354 e. The topological polar surface area (TPSA) is 59.4 Å². The van der Waals surface area contributed by atoms with Crippen molar-refractivity contribution in [2.45, 2.75) is 0 Å². The molecule has 1 N–H and O–H groups in total. The van der Waals surface area contributed by atoms with E-state index in [-0.39, 0.29) is 5.69 Å². The maximum absolute atomic E-state index is 11.0. The number of aromatic carboxylic acids is 1. The Labute approximate surface area is 109 Å². The van der Waals surface area contributed by atoms with Crippen LogP contribution in [0.25, 0.3) is 11.3 Å². The van der Waals surface area contributed by atoms with E-state index in [1.165, 1.54) is 13.2 Å². The summed E-state index contributed by atoms with van der Waals surface area (Å²) in [5.41, 5.74) is 1.06. The number of carboxylic acid groups (broad SMARTS) is 1. The highest BCUT2D eigenvalue weighted by Crippen LogP contribution is 2.28. The minimum atomic E-state index is -1.11. The third-order valence-electron chi connectivity index (χ3n) is 2.40. The Hall–Kier alpha value is -2.07. The first kappa shape index (κ1) is 12.4. The number of rotatable bonds is 3. The molecule has 0 saturated carbocycles. The zero-order valence-corrected chi connectivity index (χ0v) is 10.3. The molecule has 5 heteroatoms. The number of halogens is 1. The van der Waals surface area contributed by atoms with Gasteiger partial charge in [-0.05, 0) is 6.07 Å². The lowest BCUT2D eigenvalue weighted by Gasteiger charge is -2.07. The Morgan fingerprint density at radius 1 is 1.33 bits per heavy atom. The highest BCUT2D eigenvalue weighted by molar-refractivity contribution is 6.33. The molecule has 0 radical (unpaired) electrons. The molecule has 0 saturated heterocycles. The van der Waals surface area contributed by atoms with Crippen LogP contribution in [0.15, 0.2) is 36.4 Å². The lowest BCUT2D eigenvalue weighted by atomic mass is 10.1. The van der Waals surface area contributed by atoms with E-state index < -0.39 is 5.97 Å². The number of carbonyl (C=O) groups is 1. The van der Waals surface area contributed by atoms with Crippen molar-refractivity contribution in [3.63, 3.8) is 0 Å². The van der Waals surface area contributed by atoms with Crippen LogP contribution in [0.5, 0.6) is 5.75 Å². The highest BCUT2D eigenvalue weighted by atomic mass is 35.5. The van der Waals surface area contributed by atoms with E-state index in [0.29, 0.717) is 22.0 Å². The second-order valence-corrected chi connectivity index (χ2v) is 3.97. The molecule has 4 nitrogen and oxygen atoms in total. The zero-order chi connectivity index (χ0) is 13.1. The summed E-state index contributed by atoms with van der Waals surface area (Å²) >= 11 is 6.06. The standard InChI is InChI=1S/C13H10ClNO3/c1-18-8-6-11(15-12(7-8)13(16)17)9-4-2-3-5-10(9)14/h2-7H,1H3,(H,16,17). The second-order valence-electron chi connectivity index (χ2n) is 3.56. The fourth-order valence-corrected chi connectivity index (χ4v) is 1.77. The molecular weight excluding hydrogens is 254 g/mol. The molecule has 0 unspecified atom stereocenters. The Kier molecular flexibility index (Phi) is 3.48. The molecule has 0 atom stereocenters. The fourth-order valence-electron chi connectivity index (χ4n) is 1.54. The predicted octanol–water partition coefficient (Wildman–Crippen LogP) is 3.11. The van der Waals surface area contributed by atoms with Crippen molar-refractivity contribution in [2.24, 2.45) is 0 Å². The summed E-state index contributed by atoms with van der Waals surface area (Å²) in [6.45, 7) is 0. The van der Waals surface area contributed by atoms with Gasteiger partial charge in [0.1, 0.15) is 5.75 Å². The number of nitrogens with zero attached hydrogens (tertiary/aromatic N) is 1. The van der Waals surface area contributed by atoms with Crippen molar-refractivity contribution in [1.29, 1.82) is 0 Å². The maximum atomic E-state index is 11.0. The van der Waals surface area contributed by atoms with Gasteiger partial charge in [-0.25, -0.2) is 9.78 Å². The number of hydrogen-bond acceptors (Lipinski definition) is 3. The molecule has 18 heavy (non-hydrogen) atoms. The number of benzene rings is 1. The van der Waals surface area contributed by atoms with Gasteiger partial charge in [0.15, 0.2) is 5.69 Å². The van der Waals surface area contributed by atoms with E-state index in [9.17, 15) is 4.79 Å². The van der Waals surface area contributed by atoms with E-state index in [0.717, 1.165) is 0 Å². The van der Waals surface area contributed by atoms with Gasteiger partial charge >= 0.3 is 5.97 Å². The summed E-state index contributed by atoms with van der Waals surface area (Å²) in [5, 5.41) is 9.50. The summed E-state index contributed by atoms with van der Waals surface area (Å²) in [7, 11) is 1.47. The van der Waals surface area contributed by atoms with Crippen LogP contribution in [0.4, 0.5) is 0 Å². The highest BCUT2D eigenvalue weighted by Gasteiger charge is 2.12. The first-order chi connectivity index (χ1) is 8.61. The van der Waals surface area contributed by atoms with Crippen LogP contribution < -0.4 is 4.74 Å². The van der Waals surface area contributed by atoms with E-state index in [1.54, 1.807) is 24.3 Å². The van der Waals surface area contributed by atoms with Crippen LogP contribution >= 0.6 is 11.6 Å². The maximum Gasteiger partial charge on any atom is 0.354 e. The normalized spacial score (nSPS) is 10.1.